The van der Waals surface area contributed by atoms with E-state index in [-0.39, 0.29) is 5.82 Å². The van der Waals surface area contributed by atoms with E-state index >= 15 is 0 Å². The number of aromatic nitrogens is 2. The van der Waals surface area contributed by atoms with Gasteiger partial charge in [0.05, 0.1) is 0 Å². The van der Waals surface area contributed by atoms with Crippen molar-refractivity contribution in [2.24, 2.45) is 7.05 Å². The van der Waals surface area contributed by atoms with Crippen molar-refractivity contribution in [3.05, 3.63) is 51.3 Å². The normalized spacial score (nSPS) is 11.3. The minimum absolute atomic E-state index is 0.133. The average molecular weight is 331 g/mol. The quantitative estimate of drug-likeness (QED) is 0.623. The van der Waals surface area contributed by atoms with E-state index in [1.807, 2.05) is 18.2 Å². The molecule has 2 aromatic rings. The molecule has 0 bridgehead atoms. The van der Waals surface area contributed by atoms with Crippen LogP contribution in [-0.4, -0.2) is 32.5 Å². The lowest BCUT2D eigenvalue weighted by molar-refractivity contribution is -0.388. The van der Waals surface area contributed by atoms with E-state index in [1.54, 1.807) is 18.5 Å². The number of nitro groups is 1. The van der Waals surface area contributed by atoms with E-state index in [2.05, 4.69) is 42.2 Å². The van der Waals surface area contributed by atoms with Gasteiger partial charge in [-0.05, 0) is 41.9 Å². The third-order valence-corrected chi connectivity index (χ3v) is 4.34. The van der Waals surface area contributed by atoms with Gasteiger partial charge in [-0.15, -0.1) is 0 Å². The molecule has 0 atom stereocenters. The third-order valence-electron chi connectivity index (χ3n) is 4.34. The zero-order valence-electron chi connectivity index (χ0n) is 14.9. The number of aryl methyl sites for hydroxylation is 1. The highest BCUT2D eigenvalue weighted by atomic mass is 16.6. The Bertz CT molecular complexity index is 724. The van der Waals surface area contributed by atoms with E-state index in [0.717, 1.165) is 12.1 Å². The maximum absolute atomic E-state index is 11.2. The molecule has 0 amide bonds. The van der Waals surface area contributed by atoms with E-state index in [1.165, 1.54) is 5.56 Å². The number of nitrogens with zero attached hydrogens (tertiary/aromatic N) is 4. The molecule has 0 radical (unpaired) electrons. The predicted molar refractivity (Wildman–Crippen MR) is 95.0 cm³/mol. The van der Waals surface area contributed by atoms with Crippen molar-refractivity contribution >= 4 is 11.6 Å². The lowest BCUT2D eigenvalue weighted by Crippen LogP contribution is -2.26. The molecule has 24 heavy (non-hydrogen) atoms. The van der Waals surface area contributed by atoms with Crippen LogP contribution < -0.4 is 5.32 Å². The summed E-state index contributed by atoms with van der Waals surface area (Å²) < 4.78 is 1.71. The van der Waals surface area contributed by atoms with Crippen LogP contribution in [0.1, 0.15) is 30.8 Å². The minimum Gasteiger partial charge on any atom is -0.360 e. The largest absolute Gasteiger partial charge is 0.406 e. The molecule has 0 aliphatic rings. The Balaban J connectivity index is 2.20. The molecule has 0 aliphatic carbocycles. The summed E-state index contributed by atoms with van der Waals surface area (Å²) in [4.78, 5) is 17.0. The molecule has 1 N–H and O–H groups in total. The fourth-order valence-electron chi connectivity index (χ4n) is 2.43. The molecule has 7 heteroatoms. The Morgan fingerprint density at radius 3 is 2.54 bits per heavy atom. The predicted octanol–water partition coefficient (Wildman–Crippen LogP) is 3.09. The Morgan fingerprint density at radius 1 is 1.33 bits per heavy atom. The molecule has 0 saturated heterocycles. The number of anilines is 1. The van der Waals surface area contributed by atoms with Gasteiger partial charge in [0.25, 0.3) is 0 Å². The molecule has 0 spiro atoms. The van der Waals surface area contributed by atoms with Crippen molar-refractivity contribution in [3.8, 4) is 0 Å². The van der Waals surface area contributed by atoms with Crippen LogP contribution in [0.15, 0.2) is 24.3 Å². The summed E-state index contributed by atoms with van der Waals surface area (Å²) in [5.74, 6) is 0.910. The van der Waals surface area contributed by atoms with Crippen LogP contribution in [-0.2, 0) is 20.1 Å². The highest BCUT2D eigenvalue weighted by molar-refractivity contribution is 5.54. The molecule has 1 aromatic heterocycles. The van der Waals surface area contributed by atoms with Gasteiger partial charge < -0.3 is 15.4 Å². The number of rotatable bonds is 7. The topological polar surface area (TPSA) is 76.2 Å². The summed E-state index contributed by atoms with van der Waals surface area (Å²) in [7, 11) is 3.86. The first-order chi connectivity index (χ1) is 11.3. The number of hydrogen-bond acceptors (Lipinski definition) is 5. The van der Waals surface area contributed by atoms with Crippen LogP contribution in [0.2, 0.25) is 0 Å². The molecule has 0 aliphatic heterocycles. The SMILES string of the molecule is Cc1nc([N+](=O)[O-])c(NCc2ccccc2CN(C)C(C)C)n1C. The smallest absolute Gasteiger partial charge is 0.360 e. The first-order valence-electron chi connectivity index (χ1n) is 7.99. The van der Waals surface area contributed by atoms with Crippen molar-refractivity contribution in [1.29, 1.82) is 0 Å². The van der Waals surface area contributed by atoms with Crippen molar-refractivity contribution < 1.29 is 4.92 Å². The molecular formula is C17H25N5O2. The van der Waals surface area contributed by atoms with Gasteiger partial charge in [0, 0.05) is 33.1 Å². The molecule has 0 unspecified atom stereocenters. The van der Waals surface area contributed by atoms with Gasteiger partial charge in [0.15, 0.2) is 0 Å². The summed E-state index contributed by atoms with van der Waals surface area (Å²) in [6, 6.07) is 8.60. The van der Waals surface area contributed by atoms with Crippen molar-refractivity contribution in [2.45, 2.75) is 39.9 Å². The second-order valence-electron chi connectivity index (χ2n) is 6.28. The summed E-state index contributed by atoms with van der Waals surface area (Å²) in [6.45, 7) is 7.42. The minimum atomic E-state index is -0.451. The Labute approximate surface area is 142 Å². The summed E-state index contributed by atoms with van der Waals surface area (Å²) in [6.07, 6.45) is 0. The number of benzene rings is 1. The van der Waals surface area contributed by atoms with Crippen LogP contribution in [0.5, 0.6) is 0 Å². The van der Waals surface area contributed by atoms with Crippen molar-refractivity contribution in [2.75, 3.05) is 12.4 Å². The van der Waals surface area contributed by atoms with Crippen molar-refractivity contribution in [1.82, 2.24) is 14.5 Å². The van der Waals surface area contributed by atoms with Gasteiger partial charge in [-0.1, -0.05) is 24.3 Å². The van der Waals surface area contributed by atoms with E-state index < -0.39 is 4.92 Å². The first-order valence-corrected chi connectivity index (χ1v) is 7.99. The summed E-state index contributed by atoms with van der Waals surface area (Å²) in [5, 5.41) is 14.4. The van der Waals surface area contributed by atoms with Gasteiger partial charge in [-0.2, -0.15) is 0 Å². The van der Waals surface area contributed by atoms with E-state index in [4.69, 9.17) is 0 Å². The lowest BCUT2D eigenvalue weighted by atomic mass is 10.1. The van der Waals surface area contributed by atoms with Gasteiger partial charge >= 0.3 is 5.82 Å². The lowest BCUT2D eigenvalue weighted by Gasteiger charge is -2.22. The Hall–Kier alpha value is -2.41. The second kappa shape index (κ2) is 7.44. The van der Waals surface area contributed by atoms with Gasteiger partial charge in [0.2, 0.25) is 11.6 Å². The monoisotopic (exact) mass is 331 g/mol. The zero-order chi connectivity index (χ0) is 17.9. The maximum Gasteiger partial charge on any atom is 0.406 e. The van der Waals surface area contributed by atoms with Gasteiger partial charge in [0.1, 0.15) is 0 Å². The second-order valence-corrected chi connectivity index (χ2v) is 6.28. The summed E-state index contributed by atoms with van der Waals surface area (Å²) in [5.41, 5.74) is 2.33. The maximum atomic E-state index is 11.2. The molecule has 1 aromatic carbocycles. The summed E-state index contributed by atoms with van der Waals surface area (Å²) >= 11 is 0. The van der Waals surface area contributed by atoms with Crippen LogP contribution in [0.25, 0.3) is 0 Å². The van der Waals surface area contributed by atoms with E-state index in [9.17, 15) is 10.1 Å². The van der Waals surface area contributed by atoms with Gasteiger partial charge in [-0.3, -0.25) is 9.47 Å². The first kappa shape index (κ1) is 17.9. The molecular weight excluding hydrogens is 306 g/mol. The van der Waals surface area contributed by atoms with Crippen LogP contribution in [0, 0.1) is 17.0 Å². The highest BCUT2D eigenvalue weighted by Crippen LogP contribution is 2.25. The zero-order valence-corrected chi connectivity index (χ0v) is 14.9. The van der Waals surface area contributed by atoms with E-state index in [0.29, 0.717) is 24.2 Å². The average Bonchev–Trinajstić information content (AvgIpc) is 2.82. The van der Waals surface area contributed by atoms with Crippen LogP contribution in [0.3, 0.4) is 0 Å². The molecule has 0 fully saturated rings. The Morgan fingerprint density at radius 2 is 1.96 bits per heavy atom. The Kier molecular flexibility index (Phi) is 5.56. The van der Waals surface area contributed by atoms with Crippen LogP contribution in [0.4, 0.5) is 11.6 Å². The molecule has 130 valence electrons. The van der Waals surface area contributed by atoms with Crippen molar-refractivity contribution in [3.63, 3.8) is 0 Å². The fraction of sp³-hybridized carbons (Fsp3) is 0.471. The molecule has 1 heterocycles. The van der Waals surface area contributed by atoms with Gasteiger partial charge in [-0.25, -0.2) is 0 Å². The highest BCUT2D eigenvalue weighted by Gasteiger charge is 2.23. The third kappa shape index (κ3) is 3.91. The number of imidazole rings is 1. The van der Waals surface area contributed by atoms with Crippen LogP contribution >= 0.6 is 0 Å². The molecule has 0 saturated carbocycles. The number of hydrogen-bond donors (Lipinski definition) is 1. The molecule has 7 nitrogen and oxygen atoms in total. The number of nitrogens with one attached hydrogen (secondary N) is 1. The fourth-order valence-corrected chi connectivity index (χ4v) is 2.43. The standard InChI is InChI=1S/C17H25N5O2/c1-12(2)20(4)11-15-9-7-6-8-14(15)10-18-16-17(22(23)24)19-13(3)21(16)5/h6-9,12,18H,10-11H2,1-5H3. The molecule has 2 rings (SSSR count).